The smallest absolute Gasteiger partial charge is 0.306 e. The van der Waals surface area contributed by atoms with E-state index in [-0.39, 0.29) is 24.8 Å². The molecule has 0 aliphatic heterocycles. The number of rotatable bonds is 8. The van der Waals surface area contributed by atoms with Crippen LogP contribution < -0.4 is 15.7 Å². The summed E-state index contributed by atoms with van der Waals surface area (Å²) in [5.74, 6) is -0.311. The molecule has 0 aliphatic rings. The second-order valence-electron chi connectivity index (χ2n) is 7.39. The fourth-order valence-electron chi connectivity index (χ4n) is 3.18. The van der Waals surface area contributed by atoms with E-state index in [9.17, 15) is 14.2 Å². The number of halogens is 1. The maximum Gasteiger partial charge on any atom is 0.306 e. The summed E-state index contributed by atoms with van der Waals surface area (Å²) in [6, 6.07) is 19.1. The standard InChI is InChI=1S/C24H21BFN5O2/c26-20-7-10-21(11-8-20)30-23(32)18-12-28-24(29-13-18)31(15-17-4-2-1-3-5-17)16-22-9-6-19(25-33)14-27-22/h1-14,25,33H,15-16H2,(H,30,32). The highest BCUT2D eigenvalue weighted by Gasteiger charge is 2.14. The first-order chi connectivity index (χ1) is 16.1. The topological polar surface area (TPSA) is 91.2 Å². The van der Waals surface area contributed by atoms with Gasteiger partial charge in [-0.1, -0.05) is 36.4 Å². The summed E-state index contributed by atoms with van der Waals surface area (Å²) in [5.41, 5.74) is 3.37. The van der Waals surface area contributed by atoms with Crippen LogP contribution in [0.5, 0.6) is 0 Å². The van der Waals surface area contributed by atoms with Crippen LogP contribution in [0.25, 0.3) is 0 Å². The van der Waals surface area contributed by atoms with Gasteiger partial charge < -0.3 is 15.2 Å². The molecule has 0 radical (unpaired) electrons. The summed E-state index contributed by atoms with van der Waals surface area (Å²) in [4.78, 5) is 27.7. The molecule has 0 fully saturated rings. The summed E-state index contributed by atoms with van der Waals surface area (Å²) in [5, 5.41) is 11.9. The number of carbonyl (C=O) groups excluding carboxylic acids is 1. The summed E-state index contributed by atoms with van der Waals surface area (Å²) in [6.45, 7) is 0.993. The van der Waals surface area contributed by atoms with Gasteiger partial charge in [0.25, 0.3) is 5.91 Å². The normalized spacial score (nSPS) is 10.5. The van der Waals surface area contributed by atoms with Crippen LogP contribution in [0.4, 0.5) is 16.0 Å². The Labute approximate surface area is 191 Å². The van der Waals surface area contributed by atoms with Crippen LogP contribution in [-0.4, -0.2) is 33.4 Å². The zero-order chi connectivity index (χ0) is 23.0. The molecule has 0 bridgehead atoms. The van der Waals surface area contributed by atoms with Gasteiger partial charge in [0, 0.05) is 30.8 Å². The number of anilines is 2. The van der Waals surface area contributed by atoms with Crippen molar-refractivity contribution in [2.75, 3.05) is 10.2 Å². The van der Waals surface area contributed by atoms with Crippen molar-refractivity contribution in [1.29, 1.82) is 0 Å². The Balaban J connectivity index is 1.52. The van der Waals surface area contributed by atoms with Crippen molar-refractivity contribution < 1.29 is 14.2 Å². The van der Waals surface area contributed by atoms with E-state index in [4.69, 9.17) is 0 Å². The molecule has 164 valence electrons. The highest BCUT2D eigenvalue weighted by atomic mass is 19.1. The number of aromatic nitrogens is 3. The lowest BCUT2D eigenvalue weighted by Gasteiger charge is -2.22. The molecule has 2 aromatic carbocycles. The molecule has 0 atom stereocenters. The molecule has 0 saturated carbocycles. The molecule has 9 heteroatoms. The third kappa shape index (κ3) is 5.99. The van der Waals surface area contributed by atoms with Gasteiger partial charge in [0.1, 0.15) is 5.82 Å². The summed E-state index contributed by atoms with van der Waals surface area (Å²) >= 11 is 0. The molecule has 2 N–H and O–H groups in total. The first kappa shape index (κ1) is 22.1. The molecule has 4 aromatic rings. The SMILES string of the molecule is O=C(Nc1ccc(F)cc1)c1cnc(N(Cc2ccccc2)Cc2ccc(BO)cn2)nc1. The Morgan fingerprint density at radius 2 is 1.64 bits per heavy atom. The minimum atomic E-state index is -0.385. The number of hydrogen-bond donors (Lipinski definition) is 2. The van der Waals surface area contributed by atoms with Crippen LogP contribution in [0.3, 0.4) is 0 Å². The third-order valence-corrected chi connectivity index (χ3v) is 4.92. The minimum Gasteiger partial charge on any atom is -0.449 e. The van der Waals surface area contributed by atoms with E-state index >= 15 is 0 Å². The Bertz CT molecular complexity index is 1190. The molecule has 0 saturated heterocycles. The molecule has 0 unspecified atom stereocenters. The minimum absolute atomic E-state index is 0.0639. The molecule has 4 rings (SSSR count). The summed E-state index contributed by atoms with van der Waals surface area (Å²) in [7, 11) is -0.0639. The molecular weight excluding hydrogens is 420 g/mol. The Morgan fingerprint density at radius 3 is 2.27 bits per heavy atom. The average molecular weight is 441 g/mol. The van der Waals surface area contributed by atoms with E-state index in [0.29, 0.717) is 24.7 Å². The molecule has 7 nitrogen and oxygen atoms in total. The lowest BCUT2D eigenvalue weighted by molar-refractivity contribution is 0.102. The molecule has 2 aromatic heterocycles. The lowest BCUT2D eigenvalue weighted by Crippen LogP contribution is -2.26. The van der Waals surface area contributed by atoms with E-state index < -0.39 is 0 Å². The first-order valence-corrected chi connectivity index (χ1v) is 10.3. The van der Waals surface area contributed by atoms with Gasteiger partial charge in [0.15, 0.2) is 0 Å². The number of carbonyl (C=O) groups is 1. The van der Waals surface area contributed by atoms with Gasteiger partial charge in [-0.25, -0.2) is 14.4 Å². The third-order valence-electron chi connectivity index (χ3n) is 4.92. The first-order valence-electron chi connectivity index (χ1n) is 10.3. The zero-order valence-electron chi connectivity index (χ0n) is 17.7. The quantitative estimate of drug-likeness (QED) is 0.409. The number of nitrogens with zero attached hydrogens (tertiary/aromatic N) is 4. The maximum atomic E-state index is 13.1. The van der Waals surface area contributed by atoms with E-state index in [1.165, 1.54) is 36.7 Å². The molecular formula is C24H21BFN5O2. The fourth-order valence-corrected chi connectivity index (χ4v) is 3.18. The van der Waals surface area contributed by atoms with Gasteiger partial charge in [-0.2, -0.15) is 0 Å². The number of nitrogens with one attached hydrogen (secondary N) is 1. The van der Waals surface area contributed by atoms with Gasteiger partial charge in [-0.3, -0.25) is 9.78 Å². The van der Waals surface area contributed by atoms with Gasteiger partial charge in [0.05, 0.1) is 17.8 Å². The van der Waals surface area contributed by atoms with Crippen LogP contribution in [0.1, 0.15) is 21.6 Å². The predicted octanol–water partition coefficient (Wildman–Crippen LogP) is 2.44. The van der Waals surface area contributed by atoms with E-state index in [1.807, 2.05) is 47.4 Å². The van der Waals surface area contributed by atoms with Crippen LogP contribution in [0.15, 0.2) is 85.3 Å². The number of hydrogen-bond acceptors (Lipinski definition) is 6. The van der Waals surface area contributed by atoms with Crippen molar-refractivity contribution >= 4 is 30.5 Å². The Hall–Kier alpha value is -4.11. The van der Waals surface area contributed by atoms with Crippen molar-refractivity contribution in [3.63, 3.8) is 0 Å². The highest BCUT2D eigenvalue weighted by Crippen LogP contribution is 2.16. The van der Waals surface area contributed by atoms with Gasteiger partial charge >= 0.3 is 7.48 Å². The van der Waals surface area contributed by atoms with Crippen molar-refractivity contribution in [2.24, 2.45) is 0 Å². The largest absolute Gasteiger partial charge is 0.449 e. The second kappa shape index (κ2) is 10.5. The maximum absolute atomic E-state index is 13.1. The Kier molecular flexibility index (Phi) is 7.01. The van der Waals surface area contributed by atoms with Crippen molar-refractivity contribution in [3.05, 3.63) is 108 Å². The number of benzene rings is 2. The molecule has 1 amide bonds. The average Bonchev–Trinajstić information content (AvgIpc) is 2.86. The Morgan fingerprint density at radius 1 is 0.909 bits per heavy atom. The van der Waals surface area contributed by atoms with Crippen molar-refractivity contribution in [3.8, 4) is 0 Å². The second-order valence-corrected chi connectivity index (χ2v) is 7.39. The van der Waals surface area contributed by atoms with Crippen molar-refractivity contribution in [1.82, 2.24) is 15.0 Å². The van der Waals surface area contributed by atoms with Crippen molar-refractivity contribution in [2.45, 2.75) is 13.1 Å². The summed E-state index contributed by atoms with van der Waals surface area (Å²) < 4.78 is 13.1. The van der Waals surface area contributed by atoms with E-state index in [2.05, 4.69) is 20.3 Å². The van der Waals surface area contributed by atoms with Crippen LogP contribution >= 0.6 is 0 Å². The van der Waals surface area contributed by atoms with Crippen LogP contribution in [0.2, 0.25) is 0 Å². The van der Waals surface area contributed by atoms with Gasteiger partial charge in [-0.15, -0.1) is 0 Å². The van der Waals surface area contributed by atoms with E-state index in [0.717, 1.165) is 16.7 Å². The van der Waals surface area contributed by atoms with Gasteiger partial charge in [0.2, 0.25) is 5.95 Å². The van der Waals surface area contributed by atoms with E-state index in [1.54, 1.807) is 6.20 Å². The molecule has 33 heavy (non-hydrogen) atoms. The van der Waals surface area contributed by atoms with Crippen LogP contribution in [-0.2, 0) is 13.1 Å². The molecule has 2 heterocycles. The number of pyridine rings is 1. The monoisotopic (exact) mass is 441 g/mol. The summed E-state index contributed by atoms with van der Waals surface area (Å²) in [6.07, 6.45) is 4.56. The predicted molar refractivity (Wildman–Crippen MR) is 126 cm³/mol. The van der Waals surface area contributed by atoms with Crippen LogP contribution in [0, 0.1) is 5.82 Å². The van der Waals surface area contributed by atoms with Gasteiger partial charge in [-0.05, 0) is 41.4 Å². The number of amides is 1. The molecule has 0 spiro atoms. The highest BCUT2D eigenvalue weighted by molar-refractivity contribution is 6.45. The lowest BCUT2D eigenvalue weighted by atomic mass is 9.91. The zero-order valence-corrected chi connectivity index (χ0v) is 17.7. The fraction of sp³-hybridized carbons (Fsp3) is 0.0833. The molecule has 0 aliphatic carbocycles.